The molecule has 0 bridgehead atoms. The number of rotatable bonds is 4. The van der Waals surface area contributed by atoms with Crippen molar-refractivity contribution in [3.8, 4) is 16.9 Å². The van der Waals surface area contributed by atoms with Crippen molar-refractivity contribution in [1.29, 1.82) is 0 Å². The predicted molar refractivity (Wildman–Crippen MR) is 83.4 cm³/mol. The summed E-state index contributed by atoms with van der Waals surface area (Å²) < 4.78 is 5.07. The molecule has 0 radical (unpaired) electrons. The topological polar surface area (TPSA) is 66.8 Å². The Labute approximate surface area is 128 Å². The molecule has 0 aliphatic rings. The SMILES string of the molecule is COc1ccc(-c2cccc(C(=O)N(C)C)c2)c(C(=O)O)c1. The molecule has 0 spiro atoms. The van der Waals surface area contributed by atoms with E-state index in [1.807, 2.05) is 0 Å². The number of hydrogen-bond acceptors (Lipinski definition) is 3. The van der Waals surface area contributed by atoms with Crippen LogP contribution in [0.2, 0.25) is 0 Å². The molecule has 0 aromatic heterocycles. The normalized spacial score (nSPS) is 10.1. The number of amides is 1. The Balaban J connectivity index is 2.55. The van der Waals surface area contributed by atoms with Crippen molar-refractivity contribution in [2.45, 2.75) is 0 Å². The van der Waals surface area contributed by atoms with Gasteiger partial charge in [0.15, 0.2) is 0 Å². The minimum atomic E-state index is -1.04. The van der Waals surface area contributed by atoms with Crippen molar-refractivity contribution in [2.75, 3.05) is 21.2 Å². The molecule has 5 heteroatoms. The number of aromatic carboxylic acids is 1. The number of ether oxygens (including phenoxy) is 1. The van der Waals surface area contributed by atoms with Crippen LogP contribution < -0.4 is 4.74 Å². The average molecular weight is 299 g/mol. The first-order chi connectivity index (χ1) is 10.4. The maximum atomic E-state index is 12.0. The molecular formula is C17H17NO4. The second kappa shape index (κ2) is 6.30. The summed E-state index contributed by atoms with van der Waals surface area (Å²) in [5, 5.41) is 9.38. The quantitative estimate of drug-likeness (QED) is 0.942. The summed E-state index contributed by atoms with van der Waals surface area (Å²) in [4.78, 5) is 25.0. The van der Waals surface area contributed by atoms with Crippen molar-refractivity contribution in [3.05, 3.63) is 53.6 Å². The number of methoxy groups -OCH3 is 1. The van der Waals surface area contributed by atoms with E-state index in [0.717, 1.165) is 0 Å². The first-order valence-corrected chi connectivity index (χ1v) is 6.67. The van der Waals surface area contributed by atoms with E-state index in [-0.39, 0.29) is 11.5 Å². The molecule has 0 fully saturated rings. The molecule has 0 saturated carbocycles. The summed E-state index contributed by atoms with van der Waals surface area (Å²) in [5.74, 6) is -0.702. The minimum absolute atomic E-state index is 0.132. The number of carbonyl (C=O) groups excluding carboxylic acids is 1. The van der Waals surface area contributed by atoms with Crippen LogP contribution in [0, 0.1) is 0 Å². The number of nitrogens with zero attached hydrogens (tertiary/aromatic N) is 1. The number of carbonyl (C=O) groups is 2. The number of hydrogen-bond donors (Lipinski definition) is 1. The highest BCUT2D eigenvalue weighted by Gasteiger charge is 2.15. The smallest absolute Gasteiger partial charge is 0.336 e. The number of benzene rings is 2. The van der Waals surface area contributed by atoms with Crippen LogP contribution in [0.4, 0.5) is 0 Å². The molecular weight excluding hydrogens is 282 g/mol. The summed E-state index contributed by atoms with van der Waals surface area (Å²) in [7, 11) is 4.83. The summed E-state index contributed by atoms with van der Waals surface area (Å²) in [6.45, 7) is 0. The van der Waals surface area contributed by atoms with Crippen LogP contribution in [0.15, 0.2) is 42.5 Å². The summed E-state index contributed by atoms with van der Waals surface area (Å²) in [6, 6.07) is 11.8. The van der Waals surface area contributed by atoms with Crippen LogP contribution in [-0.4, -0.2) is 43.1 Å². The van der Waals surface area contributed by atoms with Crippen LogP contribution >= 0.6 is 0 Å². The van der Waals surface area contributed by atoms with Gasteiger partial charge in [0, 0.05) is 19.7 Å². The number of carboxylic acids is 1. The lowest BCUT2D eigenvalue weighted by Gasteiger charge is -2.13. The molecule has 2 aromatic rings. The lowest BCUT2D eigenvalue weighted by Crippen LogP contribution is -2.21. The van der Waals surface area contributed by atoms with Gasteiger partial charge in [-0.15, -0.1) is 0 Å². The van der Waals surface area contributed by atoms with Crippen molar-refractivity contribution < 1.29 is 19.4 Å². The number of carboxylic acid groups (broad SMARTS) is 1. The summed E-state index contributed by atoms with van der Waals surface area (Å²) >= 11 is 0. The third kappa shape index (κ3) is 3.09. The highest BCUT2D eigenvalue weighted by Crippen LogP contribution is 2.28. The van der Waals surface area contributed by atoms with Gasteiger partial charge >= 0.3 is 5.97 Å². The fraction of sp³-hybridized carbons (Fsp3) is 0.176. The van der Waals surface area contributed by atoms with E-state index < -0.39 is 5.97 Å². The molecule has 0 saturated heterocycles. The van der Waals surface area contributed by atoms with Crippen LogP contribution in [0.25, 0.3) is 11.1 Å². The molecule has 0 heterocycles. The van der Waals surface area contributed by atoms with Crippen LogP contribution in [-0.2, 0) is 0 Å². The fourth-order valence-electron chi connectivity index (χ4n) is 2.16. The molecule has 0 atom stereocenters. The average Bonchev–Trinajstić information content (AvgIpc) is 2.53. The maximum Gasteiger partial charge on any atom is 0.336 e. The second-order valence-corrected chi connectivity index (χ2v) is 5.00. The Hall–Kier alpha value is -2.82. The third-order valence-corrected chi connectivity index (χ3v) is 3.28. The second-order valence-electron chi connectivity index (χ2n) is 5.00. The minimum Gasteiger partial charge on any atom is -0.497 e. The van der Waals surface area contributed by atoms with E-state index in [9.17, 15) is 14.7 Å². The predicted octanol–water partition coefficient (Wildman–Crippen LogP) is 2.76. The molecule has 0 aliphatic carbocycles. The Bertz CT molecular complexity index is 722. The van der Waals surface area contributed by atoms with Crippen LogP contribution in [0.5, 0.6) is 5.75 Å². The van der Waals surface area contributed by atoms with E-state index in [1.165, 1.54) is 18.1 Å². The van der Waals surface area contributed by atoms with Crippen molar-refractivity contribution >= 4 is 11.9 Å². The first kappa shape index (κ1) is 15.6. The van der Waals surface area contributed by atoms with Gasteiger partial charge in [0.1, 0.15) is 5.75 Å². The lowest BCUT2D eigenvalue weighted by molar-refractivity contribution is 0.0697. The molecule has 0 unspecified atom stereocenters. The standard InChI is InChI=1S/C17H17NO4/c1-18(2)16(19)12-6-4-5-11(9-12)14-8-7-13(22-3)10-15(14)17(20)21/h4-10H,1-3H3,(H,20,21). The largest absolute Gasteiger partial charge is 0.497 e. The molecule has 0 aliphatic heterocycles. The Morgan fingerprint density at radius 3 is 2.41 bits per heavy atom. The maximum absolute atomic E-state index is 12.0. The van der Waals surface area contributed by atoms with Gasteiger partial charge in [0.2, 0.25) is 0 Å². The van der Waals surface area contributed by atoms with E-state index >= 15 is 0 Å². The Morgan fingerprint density at radius 2 is 1.82 bits per heavy atom. The first-order valence-electron chi connectivity index (χ1n) is 6.67. The molecule has 1 amide bonds. The van der Waals surface area contributed by atoms with E-state index in [1.54, 1.807) is 50.5 Å². The van der Waals surface area contributed by atoms with Crippen LogP contribution in [0.1, 0.15) is 20.7 Å². The molecule has 22 heavy (non-hydrogen) atoms. The molecule has 1 N–H and O–H groups in total. The van der Waals surface area contributed by atoms with Gasteiger partial charge in [0.05, 0.1) is 12.7 Å². The highest BCUT2D eigenvalue weighted by molar-refractivity contribution is 5.99. The highest BCUT2D eigenvalue weighted by atomic mass is 16.5. The van der Waals surface area contributed by atoms with Gasteiger partial charge in [-0.3, -0.25) is 4.79 Å². The monoisotopic (exact) mass is 299 g/mol. The van der Waals surface area contributed by atoms with Gasteiger partial charge in [-0.1, -0.05) is 12.1 Å². The fourth-order valence-corrected chi connectivity index (χ4v) is 2.16. The molecule has 2 rings (SSSR count). The van der Waals surface area contributed by atoms with E-state index in [0.29, 0.717) is 22.4 Å². The van der Waals surface area contributed by atoms with Gasteiger partial charge in [-0.25, -0.2) is 4.79 Å². The Morgan fingerprint density at radius 1 is 1.09 bits per heavy atom. The van der Waals surface area contributed by atoms with Gasteiger partial charge in [-0.05, 0) is 41.5 Å². The zero-order chi connectivity index (χ0) is 16.3. The van der Waals surface area contributed by atoms with Crippen LogP contribution in [0.3, 0.4) is 0 Å². The lowest BCUT2D eigenvalue weighted by atomic mass is 9.97. The van der Waals surface area contributed by atoms with Gasteiger partial charge in [0.25, 0.3) is 5.91 Å². The van der Waals surface area contributed by atoms with Crippen molar-refractivity contribution in [3.63, 3.8) is 0 Å². The van der Waals surface area contributed by atoms with Crippen molar-refractivity contribution in [1.82, 2.24) is 4.90 Å². The van der Waals surface area contributed by atoms with E-state index in [4.69, 9.17) is 4.74 Å². The van der Waals surface area contributed by atoms with E-state index in [2.05, 4.69) is 0 Å². The Kier molecular flexibility index (Phi) is 4.46. The van der Waals surface area contributed by atoms with Crippen molar-refractivity contribution in [2.24, 2.45) is 0 Å². The third-order valence-electron chi connectivity index (χ3n) is 3.28. The summed E-state index contributed by atoms with van der Waals surface area (Å²) in [5.41, 5.74) is 1.86. The molecule has 5 nitrogen and oxygen atoms in total. The zero-order valence-corrected chi connectivity index (χ0v) is 12.7. The zero-order valence-electron chi connectivity index (χ0n) is 12.7. The molecule has 2 aromatic carbocycles. The summed E-state index contributed by atoms with van der Waals surface area (Å²) in [6.07, 6.45) is 0. The van der Waals surface area contributed by atoms with Gasteiger partial charge in [-0.2, -0.15) is 0 Å². The van der Waals surface area contributed by atoms with Gasteiger partial charge < -0.3 is 14.7 Å². The molecule has 114 valence electrons.